The van der Waals surface area contributed by atoms with E-state index in [9.17, 15) is 5.11 Å². The SMILES string of the molecule is CCC1(O)CC[C@@]2(C)C(=CC[C@H]3[C@@H]4CC[C@H]([C@H](C)CCCC(C)C)[C@@]4(C)CC[C@@H]32)C1. The highest BCUT2D eigenvalue weighted by Crippen LogP contribution is 2.67. The van der Waals surface area contributed by atoms with Gasteiger partial charge in [0, 0.05) is 0 Å². The molecule has 4 aliphatic rings. The van der Waals surface area contributed by atoms with Crippen molar-refractivity contribution in [3.8, 4) is 0 Å². The second-order valence-corrected chi connectivity index (χ2v) is 13.0. The lowest BCUT2D eigenvalue weighted by atomic mass is 9.46. The molecule has 0 aromatic heterocycles. The molecular weight excluding hydrogens is 364 g/mol. The molecule has 1 heteroatoms. The predicted molar refractivity (Wildman–Crippen MR) is 128 cm³/mol. The second-order valence-electron chi connectivity index (χ2n) is 13.0. The van der Waals surface area contributed by atoms with E-state index >= 15 is 0 Å². The van der Waals surface area contributed by atoms with Crippen LogP contribution in [0.4, 0.5) is 0 Å². The molecule has 4 rings (SSSR count). The molecule has 0 spiro atoms. The van der Waals surface area contributed by atoms with Gasteiger partial charge in [0.15, 0.2) is 0 Å². The van der Waals surface area contributed by atoms with Crippen LogP contribution in [-0.4, -0.2) is 10.7 Å². The molecule has 0 bridgehead atoms. The fourth-order valence-electron chi connectivity index (χ4n) is 9.04. The van der Waals surface area contributed by atoms with Crippen molar-refractivity contribution in [1.29, 1.82) is 0 Å². The predicted octanol–water partition coefficient (Wildman–Crippen LogP) is 8.17. The average Bonchev–Trinajstić information content (AvgIpc) is 3.05. The van der Waals surface area contributed by atoms with Gasteiger partial charge in [0.05, 0.1) is 5.60 Å². The van der Waals surface area contributed by atoms with E-state index in [0.717, 1.165) is 54.8 Å². The first-order valence-electron chi connectivity index (χ1n) is 13.5. The Bertz CT molecular complexity index is 649. The van der Waals surface area contributed by atoms with Crippen molar-refractivity contribution in [1.82, 2.24) is 0 Å². The van der Waals surface area contributed by atoms with Crippen molar-refractivity contribution in [2.45, 2.75) is 124 Å². The summed E-state index contributed by atoms with van der Waals surface area (Å²) in [6.07, 6.45) is 18.1. The standard InChI is InChI=1S/C29H50O/c1-7-29(30)18-17-27(5)22(19-29)11-12-23-25-14-13-24(21(4)10-8-9-20(2)3)28(25,6)16-15-26(23)27/h11,20-21,23-26,30H,7-10,12-19H2,1-6H3/t21-,23+,24-,25+,26+,27+,28-,29?/m1/s1. The fourth-order valence-corrected chi connectivity index (χ4v) is 9.04. The van der Waals surface area contributed by atoms with E-state index < -0.39 is 5.60 Å². The molecule has 172 valence electrons. The van der Waals surface area contributed by atoms with Crippen LogP contribution in [0.25, 0.3) is 0 Å². The van der Waals surface area contributed by atoms with Crippen molar-refractivity contribution >= 4 is 0 Å². The number of hydrogen-bond acceptors (Lipinski definition) is 1. The molecule has 1 nitrogen and oxygen atoms in total. The molecule has 30 heavy (non-hydrogen) atoms. The Labute approximate surface area is 187 Å². The Hall–Kier alpha value is -0.300. The third-order valence-electron chi connectivity index (χ3n) is 11.1. The minimum absolute atomic E-state index is 0.368. The maximum Gasteiger partial charge on any atom is 0.0682 e. The van der Waals surface area contributed by atoms with Gasteiger partial charge in [0.25, 0.3) is 0 Å². The highest BCUT2D eigenvalue weighted by molar-refractivity contribution is 5.27. The van der Waals surface area contributed by atoms with Crippen molar-refractivity contribution < 1.29 is 5.11 Å². The van der Waals surface area contributed by atoms with Crippen LogP contribution in [0.1, 0.15) is 119 Å². The normalized spacial score (nSPS) is 46.7. The summed E-state index contributed by atoms with van der Waals surface area (Å²) in [4.78, 5) is 0. The van der Waals surface area contributed by atoms with Crippen LogP contribution in [0.5, 0.6) is 0 Å². The minimum atomic E-state index is -0.425. The van der Waals surface area contributed by atoms with Gasteiger partial charge in [-0.3, -0.25) is 0 Å². The Morgan fingerprint density at radius 3 is 2.47 bits per heavy atom. The maximum atomic E-state index is 11.0. The van der Waals surface area contributed by atoms with Crippen LogP contribution in [0.15, 0.2) is 11.6 Å². The van der Waals surface area contributed by atoms with Crippen LogP contribution in [0.2, 0.25) is 0 Å². The Morgan fingerprint density at radius 1 is 1.00 bits per heavy atom. The summed E-state index contributed by atoms with van der Waals surface area (Å²) in [6.45, 7) is 14.8. The van der Waals surface area contributed by atoms with E-state index in [0.29, 0.717) is 10.8 Å². The maximum absolute atomic E-state index is 11.0. The Kier molecular flexibility index (Phi) is 6.28. The van der Waals surface area contributed by atoms with Crippen molar-refractivity contribution in [3.05, 3.63) is 11.6 Å². The smallest absolute Gasteiger partial charge is 0.0682 e. The Balaban J connectivity index is 1.50. The van der Waals surface area contributed by atoms with Crippen LogP contribution in [-0.2, 0) is 0 Å². The first kappa shape index (κ1) is 22.9. The molecule has 8 atom stereocenters. The third-order valence-corrected chi connectivity index (χ3v) is 11.1. The summed E-state index contributed by atoms with van der Waals surface area (Å²) >= 11 is 0. The molecule has 1 N–H and O–H groups in total. The quantitative estimate of drug-likeness (QED) is 0.434. The van der Waals surface area contributed by atoms with E-state index in [1.165, 1.54) is 57.8 Å². The number of allylic oxidation sites excluding steroid dienone is 1. The lowest BCUT2D eigenvalue weighted by Crippen LogP contribution is -2.52. The van der Waals surface area contributed by atoms with E-state index in [2.05, 4.69) is 47.6 Å². The summed E-state index contributed by atoms with van der Waals surface area (Å²) in [7, 11) is 0. The van der Waals surface area contributed by atoms with Gasteiger partial charge in [-0.2, -0.15) is 0 Å². The molecule has 3 fully saturated rings. The lowest BCUT2D eigenvalue weighted by Gasteiger charge is -2.59. The molecular formula is C29H50O. The summed E-state index contributed by atoms with van der Waals surface area (Å²) in [5.74, 6) is 5.41. The summed E-state index contributed by atoms with van der Waals surface area (Å²) < 4.78 is 0. The van der Waals surface area contributed by atoms with E-state index in [-0.39, 0.29) is 0 Å². The van der Waals surface area contributed by atoms with E-state index in [1.807, 2.05) is 0 Å². The molecule has 1 unspecified atom stereocenters. The van der Waals surface area contributed by atoms with E-state index in [4.69, 9.17) is 0 Å². The molecule has 0 amide bonds. The Morgan fingerprint density at radius 2 is 1.77 bits per heavy atom. The zero-order valence-electron chi connectivity index (χ0n) is 21.0. The largest absolute Gasteiger partial charge is 0.390 e. The lowest BCUT2D eigenvalue weighted by molar-refractivity contribution is -0.0755. The van der Waals surface area contributed by atoms with Gasteiger partial charge in [-0.05, 0) is 104 Å². The summed E-state index contributed by atoms with van der Waals surface area (Å²) in [6, 6.07) is 0. The van der Waals surface area contributed by atoms with Gasteiger partial charge in [-0.25, -0.2) is 0 Å². The first-order chi connectivity index (χ1) is 14.1. The summed E-state index contributed by atoms with van der Waals surface area (Å²) in [5.41, 5.74) is 2.15. The molecule has 0 radical (unpaired) electrons. The highest BCUT2D eigenvalue weighted by atomic mass is 16.3. The van der Waals surface area contributed by atoms with Gasteiger partial charge in [0.1, 0.15) is 0 Å². The number of rotatable bonds is 6. The van der Waals surface area contributed by atoms with Gasteiger partial charge in [-0.1, -0.05) is 72.5 Å². The van der Waals surface area contributed by atoms with Crippen LogP contribution >= 0.6 is 0 Å². The van der Waals surface area contributed by atoms with Gasteiger partial charge in [0.2, 0.25) is 0 Å². The highest BCUT2D eigenvalue weighted by Gasteiger charge is 2.59. The zero-order valence-corrected chi connectivity index (χ0v) is 21.0. The zero-order chi connectivity index (χ0) is 21.7. The molecule has 0 saturated heterocycles. The topological polar surface area (TPSA) is 20.2 Å². The van der Waals surface area contributed by atoms with Gasteiger partial charge in [-0.15, -0.1) is 0 Å². The number of fused-ring (bicyclic) bond motifs is 5. The molecule has 0 aliphatic heterocycles. The third kappa shape index (κ3) is 3.74. The number of aliphatic hydroxyl groups is 1. The van der Waals surface area contributed by atoms with Gasteiger partial charge < -0.3 is 5.11 Å². The molecule has 0 aromatic carbocycles. The molecule has 3 saturated carbocycles. The average molecular weight is 415 g/mol. The van der Waals surface area contributed by atoms with Crippen molar-refractivity contribution in [3.63, 3.8) is 0 Å². The van der Waals surface area contributed by atoms with Crippen LogP contribution in [0, 0.1) is 46.3 Å². The second kappa shape index (κ2) is 8.24. The van der Waals surface area contributed by atoms with Crippen LogP contribution < -0.4 is 0 Å². The first-order valence-corrected chi connectivity index (χ1v) is 13.5. The molecule has 0 heterocycles. The van der Waals surface area contributed by atoms with Crippen molar-refractivity contribution in [2.24, 2.45) is 46.3 Å². The fraction of sp³-hybridized carbons (Fsp3) is 0.931. The molecule has 0 aromatic rings. The number of hydrogen-bond donors (Lipinski definition) is 1. The van der Waals surface area contributed by atoms with Gasteiger partial charge >= 0.3 is 0 Å². The van der Waals surface area contributed by atoms with E-state index in [1.54, 1.807) is 5.57 Å². The van der Waals surface area contributed by atoms with Crippen LogP contribution in [0.3, 0.4) is 0 Å². The molecule has 4 aliphatic carbocycles. The monoisotopic (exact) mass is 414 g/mol. The minimum Gasteiger partial charge on any atom is -0.390 e. The van der Waals surface area contributed by atoms with Crippen molar-refractivity contribution in [2.75, 3.05) is 0 Å². The summed E-state index contributed by atoms with van der Waals surface area (Å²) in [5, 5.41) is 11.0.